The second-order valence-electron chi connectivity index (χ2n) is 1.77. The van der Waals surface area contributed by atoms with Gasteiger partial charge in [-0.2, -0.15) is 0 Å². The third kappa shape index (κ3) is 4.85. The normalized spacial score (nSPS) is 12.0. The van der Waals surface area contributed by atoms with Crippen LogP contribution < -0.4 is 5.73 Å². The van der Waals surface area contributed by atoms with Crippen LogP contribution in [0.15, 0.2) is 0 Å². The Balaban J connectivity index is 3.40. The number of nitrogens with two attached hydrogens (primary N) is 1. The molecule has 3 N–H and O–H groups in total. The highest BCUT2D eigenvalue weighted by Gasteiger charge is 2.04. The lowest BCUT2D eigenvalue weighted by molar-refractivity contribution is -0.137. The van der Waals surface area contributed by atoms with Gasteiger partial charge in [0, 0.05) is 12.5 Å². The third-order valence-electron chi connectivity index (χ3n) is 0.817. The van der Waals surface area contributed by atoms with Crippen LogP contribution in [0.25, 0.3) is 0 Å². The molecule has 0 amide bonds. The Morgan fingerprint density at radius 1 is 1.89 bits per heavy atom. The SMILES string of the molecule is C#CCC(N)CC(=O)O. The van der Waals surface area contributed by atoms with Crippen molar-refractivity contribution in [3.63, 3.8) is 0 Å². The number of hydrogen-bond acceptors (Lipinski definition) is 2. The van der Waals surface area contributed by atoms with Gasteiger partial charge in [0.05, 0.1) is 6.42 Å². The van der Waals surface area contributed by atoms with Gasteiger partial charge in [0.1, 0.15) is 0 Å². The number of aliphatic carboxylic acids is 1. The molecule has 0 aromatic carbocycles. The molecule has 0 rings (SSSR count). The summed E-state index contributed by atoms with van der Waals surface area (Å²) >= 11 is 0. The molecular weight excluding hydrogens is 118 g/mol. The van der Waals surface area contributed by atoms with Crippen LogP contribution in [0, 0.1) is 12.3 Å². The number of terminal acetylenes is 1. The van der Waals surface area contributed by atoms with Crippen molar-refractivity contribution >= 4 is 5.97 Å². The van der Waals surface area contributed by atoms with Gasteiger partial charge in [-0.15, -0.1) is 12.3 Å². The lowest BCUT2D eigenvalue weighted by Crippen LogP contribution is -2.22. The molecule has 50 valence electrons. The van der Waals surface area contributed by atoms with Crippen LogP contribution in [0.5, 0.6) is 0 Å². The number of carboxylic acid groups (broad SMARTS) is 1. The molecule has 0 aliphatic carbocycles. The highest BCUT2D eigenvalue weighted by molar-refractivity contribution is 5.67. The molecule has 3 heteroatoms. The molecule has 1 unspecified atom stereocenters. The van der Waals surface area contributed by atoms with Crippen LogP contribution >= 0.6 is 0 Å². The highest BCUT2D eigenvalue weighted by Crippen LogP contribution is 1.91. The smallest absolute Gasteiger partial charge is 0.304 e. The maximum atomic E-state index is 9.94. The molecular formula is C6H9NO2. The van der Waals surface area contributed by atoms with Gasteiger partial charge >= 0.3 is 5.97 Å². The summed E-state index contributed by atoms with van der Waals surface area (Å²) in [6.07, 6.45) is 5.16. The summed E-state index contributed by atoms with van der Waals surface area (Å²) in [5.41, 5.74) is 5.26. The van der Waals surface area contributed by atoms with Crippen molar-refractivity contribution in [3.8, 4) is 12.3 Å². The molecule has 0 heterocycles. The Morgan fingerprint density at radius 3 is 2.78 bits per heavy atom. The van der Waals surface area contributed by atoms with E-state index in [1.54, 1.807) is 0 Å². The number of rotatable bonds is 3. The minimum absolute atomic E-state index is 0.0514. The molecule has 0 aromatic rings. The largest absolute Gasteiger partial charge is 0.481 e. The van der Waals surface area contributed by atoms with E-state index in [1.165, 1.54) is 0 Å². The predicted molar refractivity (Wildman–Crippen MR) is 33.7 cm³/mol. The van der Waals surface area contributed by atoms with E-state index in [2.05, 4.69) is 5.92 Å². The highest BCUT2D eigenvalue weighted by atomic mass is 16.4. The number of carboxylic acids is 1. The van der Waals surface area contributed by atoms with E-state index in [0.717, 1.165) is 0 Å². The summed E-state index contributed by atoms with van der Waals surface area (Å²) in [5.74, 6) is 1.38. The first-order chi connectivity index (χ1) is 4.16. The maximum absolute atomic E-state index is 9.94. The van der Waals surface area contributed by atoms with Crippen LogP contribution in [0.4, 0.5) is 0 Å². The summed E-state index contributed by atoms with van der Waals surface area (Å²) in [4.78, 5) is 9.94. The van der Waals surface area contributed by atoms with Crippen molar-refractivity contribution in [3.05, 3.63) is 0 Å². The molecule has 0 fully saturated rings. The minimum atomic E-state index is -0.905. The van der Waals surface area contributed by atoms with Gasteiger partial charge < -0.3 is 10.8 Å². The molecule has 3 nitrogen and oxygen atoms in total. The average Bonchev–Trinajstić information content (AvgIpc) is 1.63. The molecule has 0 saturated heterocycles. The van der Waals surface area contributed by atoms with Crippen molar-refractivity contribution in [2.75, 3.05) is 0 Å². The van der Waals surface area contributed by atoms with Gasteiger partial charge in [-0.25, -0.2) is 0 Å². The summed E-state index contributed by atoms with van der Waals surface area (Å²) in [6.45, 7) is 0. The fourth-order valence-electron chi connectivity index (χ4n) is 0.448. The summed E-state index contributed by atoms with van der Waals surface area (Å²) < 4.78 is 0. The second kappa shape index (κ2) is 3.93. The minimum Gasteiger partial charge on any atom is -0.481 e. The first-order valence-corrected chi connectivity index (χ1v) is 2.57. The van der Waals surface area contributed by atoms with Gasteiger partial charge in [-0.3, -0.25) is 4.79 Å². The first kappa shape index (κ1) is 7.99. The molecule has 0 aliphatic heterocycles. The molecule has 1 atom stereocenters. The monoisotopic (exact) mass is 127 g/mol. The van der Waals surface area contributed by atoms with E-state index in [4.69, 9.17) is 17.3 Å². The predicted octanol–water partition coefficient (Wildman–Crippen LogP) is -0.188. The summed E-state index contributed by atoms with van der Waals surface area (Å²) in [6, 6.07) is -0.396. The number of carbonyl (C=O) groups is 1. The number of hydrogen-bond donors (Lipinski definition) is 2. The van der Waals surface area contributed by atoms with E-state index in [0.29, 0.717) is 6.42 Å². The van der Waals surface area contributed by atoms with Crippen LogP contribution in [0.1, 0.15) is 12.8 Å². The maximum Gasteiger partial charge on any atom is 0.304 e. The Hall–Kier alpha value is -1.01. The fourth-order valence-corrected chi connectivity index (χ4v) is 0.448. The Labute approximate surface area is 53.9 Å². The zero-order valence-electron chi connectivity index (χ0n) is 5.00. The van der Waals surface area contributed by atoms with Gasteiger partial charge in [0.15, 0.2) is 0 Å². The fraction of sp³-hybridized carbons (Fsp3) is 0.500. The Morgan fingerprint density at radius 2 is 2.44 bits per heavy atom. The van der Waals surface area contributed by atoms with E-state index in [9.17, 15) is 4.79 Å². The van der Waals surface area contributed by atoms with Crippen LogP contribution in [0.2, 0.25) is 0 Å². The van der Waals surface area contributed by atoms with Crippen LogP contribution in [-0.2, 0) is 4.79 Å². The van der Waals surface area contributed by atoms with Crippen molar-refractivity contribution in [2.45, 2.75) is 18.9 Å². The average molecular weight is 127 g/mol. The second-order valence-corrected chi connectivity index (χ2v) is 1.77. The Bertz CT molecular complexity index is 136. The van der Waals surface area contributed by atoms with E-state index < -0.39 is 12.0 Å². The lowest BCUT2D eigenvalue weighted by Gasteiger charge is -2.01. The molecule has 0 aliphatic rings. The molecule has 0 radical (unpaired) electrons. The van der Waals surface area contributed by atoms with Crippen LogP contribution in [0.3, 0.4) is 0 Å². The standard InChI is InChI=1S/C6H9NO2/c1-2-3-5(7)4-6(8)9/h1,5H,3-4,7H2,(H,8,9). The van der Waals surface area contributed by atoms with Gasteiger partial charge in [0.2, 0.25) is 0 Å². The molecule has 0 bridgehead atoms. The lowest BCUT2D eigenvalue weighted by atomic mass is 10.2. The summed E-state index contributed by atoms with van der Waals surface area (Å²) in [7, 11) is 0. The van der Waals surface area contributed by atoms with Crippen molar-refractivity contribution in [1.29, 1.82) is 0 Å². The van der Waals surface area contributed by atoms with Gasteiger partial charge in [0.25, 0.3) is 0 Å². The zero-order chi connectivity index (χ0) is 7.28. The molecule has 9 heavy (non-hydrogen) atoms. The third-order valence-corrected chi connectivity index (χ3v) is 0.817. The Kier molecular flexibility index (Phi) is 3.49. The molecule has 0 saturated carbocycles. The van der Waals surface area contributed by atoms with Gasteiger partial charge in [-0.1, -0.05) is 0 Å². The quantitative estimate of drug-likeness (QED) is 0.516. The van der Waals surface area contributed by atoms with Crippen molar-refractivity contribution < 1.29 is 9.90 Å². The van der Waals surface area contributed by atoms with Crippen LogP contribution in [-0.4, -0.2) is 17.1 Å². The zero-order valence-corrected chi connectivity index (χ0v) is 5.00. The molecule has 0 spiro atoms. The van der Waals surface area contributed by atoms with Crippen molar-refractivity contribution in [2.24, 2.45) is 5.73 Å². The molecule has 0 aromatic heterocycles. The first-order valence-electron chi connectivity index (χ1n) is 2.57. The summed E-state index contributed by atoms with van der Waals surface area (Å²) in [5, 5.41) is 8.16. The van der Waals surface area contributed by atoms with Crippen molar-refractivity contribution in [1.82, 2.24) is 0 Å². The van der Waals surface area contributed by atoms with E-state index in [1.807, 2.05) is 0 Å². The van der Waals surface area contributed by atoms with E-state index in [-0.39, 0.29) is 6.42 Å². The van der Waals surface area contributed by atoms with Gasteiger partial charge in [-0.05, 0) is 0 Å². The topological polar surface area (TPSA) is 63.3 Å². The van der Waals surface area contributed by atoms with E-state index >= 15 is 0 Å².